The number of benzene rings is 2. The van der Waals surface area contributed by atoms with Crippen LogP contribution in [0.4, 0.5) is 18.9 Å². The van der Waals surface area contributed by atoms with E-state index >= 15 is 0 Å². The molecule has 0 atom stereocenters. The van der Waals surface area contributed by atoms with E-state index in [1.54, 1.807) is 0 Å². The van der Waals surface area contributed by atoms with Gasteiger partial charge in [0.2, 0.25) is 5.91 Å². The third kappa shape index (κ3) is 4.68. The van der Waals surface area contributed by atoms with Crippen molar-refractivity contribution in [1.29, 1.82) is 0 Å². The summed E-state index contributed by atoms with van der Waals surface area (Å²) in [5.74, 6) is 0.621. The second-order valence-corrected chi connectivity index (χ2v) is 8.55. The second kappa shape index (κ2) is 8.47. The Hall–Kier alpha value is -3.47. The summed E-state index contributed by atoms with van der Waals surface area (Å²) in [5, 5.41) is 8.06. The lowest BCUT2D eigenvalue weighted by molar-refractivity contribution is -0.137. The Balaban J connectivity index is 1.39. The average Bonchev–Trinajstić information content (AvgIpc) is 3.51. The van der Waals surface area contributed by atoms with Crippen molar-refractivity contribution < 1.29 is 18.0 Å². The number of amides is 1. The summed E-state index contributed by atoms with van der Waals surface area (Å²) in [6, 6.07) is 10.6. The Morgan fingerprint density at radius 3 is 2.70 bits per heavy atom. The van der Waals surface area contributed by atoms with Gasteiger partial charge in [-0.25, -0.2) is 19.6 Å². The number of para-hydroxylation sites is 1. The van der Waals surface area contributed by atoms with Gasteiger partial charge in [-0.2, -0.15) is 18.3 Å². The highest BCUT2D eigenvalue weighted by Gasteiger charge is 2.31. The van der Waals surface area contributed by atoms with Crippen LogP contribution in [0.5, 0.6) is 0 Å². The molecule has 0 aliphatic heterocycles. The molecule has 0 bridgehead atoms. The van der Waals surface area contributed by atoms with Crippen molar-refractivity contribution in [3.63, 3.8) is 0 Å². The van der Waals surface area contributed by atoms with Crippen LogP contribution in [-0.4, -0.2) is 36.4 Å². The van der Waals surface area contributed by atoms with Crippen LogP contribution in [0.3, 0.4) is 0 Å². The monoisotopic (exact) mass is 470 g/mol. The summed E-state index contributed by atoms with van der Waals surface area (Å²) in [6.45, 7) is 0. The number of halogens is 3. The number of thioether (sulfide) groups is 1. The lowest BCUT2D eigenvalue weighted by Crippen LogP contribution is -2.17. The molecule has 0 spiro atoms. The van der Waals surface area contributed by atoms with Crippen LogP contribution in [0.2, 0.25) is 0 Å². The highest BCUT2D eigenvalue weighted by Crippen LogP contribution is 2.40. The first-order chi connectivity index (χ1) is 15.9. The van der Waals surface area contributed by atoms with E-state index in [9.17, 15) is 18.0 Å². The molecule has 4 aromatic rings. The first-order valence-corrected chi connectivity index (χ1v) is 11.1. The van der Waals surface area contributed by atoms with Crippen molar-refractivity contribution in [2.75, 3.05) is 11.1 Å². The Morgan fingerprint density at radius 1 is 1.15 bits per heavy atom. The Labute approximate surface area is 190 Å². The van der Waals surface area contributed by atoms with Gasteiger partial charge in [-0.3, -0.25) is 4.79 Å². The van der Waals surface area contributed by atoms with Gasteiger partial charge in [-0.1, -0.05) is 30.0 Å². The van der Waals surface area contributed by atoms with Crippen LogP contribution in [0.25, 0.3) is 16.6 Å². The minimum Gasteiger partial charge on any atom is -0.323 e. The Morgan fingerprint density at radius 2 is 1.97 bits per heavy atom. The Bertz CT molecular complexity index is 1320. The molecule has 2 heterocycles. The van der Waals surface area contributed by atoms with E-state index in [0.717, 1.165) is 41.7 Å². The van der Waals surface area contributed by atoms with Gasteiger partial charge in [0.25, 0.3) is 0 Å². The molecule has 1 N–H and O–H groups in total. The number of fused-ring (bicyclic) bond motifs is 1. The number of nitrogens with one attached hydrogen (secondary N) is 1. The molecule has 1 saturated carbocycles. The molecule has 1 fully saturated rings. The molecular formula is C22H17F3N6OS. The summed E-state index contributed by atoms with van der Waals surface area (Å²) in [4.78, 5) is 25.8. The smallest absolute Gasteiger partial charge is 0.323 e. The number of carbonyl (C=O) groups excluding carboxylic acids is 1. The standard InChI is InChI=1S/C22H17F3N6OS/c23-22(24,25)14-7-8-18(31-12-26-11-27-31)17(9-14)28-19(32)10-33-21-15-3-1-2-4-16(15)29-20(30-21)13-5-6-13/h1-4,7-9,11-13H,5-6,10H2,(H,28,32). The normalized spacial score (nSPS) is 13.9. The molecule has 1 aliphatic carbocycles. The molecule has 168 valence electrons. The maximum atomic E-state index is 13.2. The molecule has 1 aliphatic rings. The maximum Gasteiger partial charge on any atom is 0.416 e. The molecule has 5 rings (SSSR count). The minimum absolute atomic E-state index is 0.00728. The van der Waals surface area contributed by atoms with Gasteiger partial charge in [0.1, 0.15) is 23.5 Å². The van der Waals surface area contributed by atoms with Gasteiger partial charge < -0.3 is 5.32 Å². The predicted molar refractivity (Wildman–Crippen MR) is 117 cm³/mol. The number of carbonyl (C=O) groups is 1. The first kappa shape index (κ1) is 21.4. The van der Waals surface area contributed by atoms with Crippen LogP contribution >= 0.6 is 11.8 Å². The number of hydrogen-bond acceptors (Lipinski definition) is 6. The molecule has 7 nitrogen and oxygen atoms in total. The number of alkyl halides is 3. The highest BCUT2D eigenvalue weighted by atomic mass is 32.2. The number of aromatic nitrogens is 5. The average molecular weight is 470 g/mol. The van der Waals surface area contributed by atoms with E-state index < -0.39 is 17.6 Å². The second-order valence-electron chi connectivity index (χ2n) is 7.58. The third-order valence-corrected chi connectivity index (χ3v) is 6.12. The van der Waals surface area contributed by atoms with Gasteiger partial charge in [0, 0.05) is 11.3 Å². The largest absolute Gasteiger partial charge is 0.416 e. The molecule has 1 amide bonds. The fourth-order valence-electron chi connectivity index (χ4n) is 3.36. The molecule has 2 aromatic heterocycles. The predicted octanol–water partition coefficient (Wildman–Crippen LogP) is 4.84. The number of nitrogens with zero attached hydrogens (tertiary/aromatic N) is 5. The van der Waals surface area contributed by atoms with Crippen molar-refractivity contribution in [1.82, 2.24) is 24.7 Å². The molecule has 2 aromatic carbocycles. The van der Waals surface area contributed by atoms with E-state index in [2.05, 4.69) is 25.4 Å². The van der Waals surface area contributed by atoms with Crippen molar-refractivity contribution in [2.45, 2.75) is 30.0 Å². The Kier molecular flexibility index (Phi) is 5.49. The van der Waals surface area contributed by atoms with Gasteiger partial charge in [-0.05, 0) is 37.1 Å². The van der Waals surface area contributed by atoms with E-state index in [0.29, 0.717) is 10.9 Å². The molecular weight excluding hydrogens is 453 g/mol. The number of hydrogen-bond donors (Lipinski definition) is 1. The zero-order valence-corrected chi connectivity index (χ0v) is 17.9. The van der Waals surface area contributed by atoms with E-state index in [-0.39, 0.29) is 17.1 Å². The first-order valence-electron chi connectivity index (χ1n) is 10.1. The molecule has 0 radical (unpaired) electrons. The van der Waals surface area contributed by atoms with E-state index in [1.165, 1.54) is 35.2 Å². The fourth-order valence-corrected chi connectivity index (χ4v) is 4.19. The van der Waals surface area contributed by atoms with Crippen molar-refractivity contribution in [2.24, 2.45) is 0 Å². The van der Waals surface area contributed by atoms with Crippen LogP contribution in [0.15, 0.2) is 60.1 Å². The van der Waals surface area contributed by atoms with Crippen LogP contribution in [-0.2, 0) is 11.0 Å². The zero-order chi connectivity index (χ0) is 23.0. The highest BCUT2D eigenvalue weighted by molar-refractivity contribution is 8.00. The van der Waals surface area contributed by atoms with E-state index in [4.69, 9.17) is 0 Å². The van der Waals surface area contributed by atoms with Gasteiger partial charge in [0.05, 0.1) is 28.2 Å². The fraction of sp³-hybridized carbons (Fsp3) is 0.227. The molecule has 0 saturated heterocycles. The molecule has 0 unspecified atom stereocenters. The van der Waals surface area contributed by atoms with Gasteiger partial charge in [0.15, 0.2) is 0 Å². The van der Waals surface area contributed by atoms with Crippen molar-refractivity contribution >= 4 is 34.3 Å². The molecule has 11 heteroatoms. The number of rotatable bonds is 6. The summed E-state index contributed by atoms with van der Waals surface area (Å²) in [6.07, 6.45) is 0.150. The summed E-state index contributed by atoms with van der Waals surface area (Å²) in [5.41, 5.74) is 0.211. The zero-order valence-electron chi connectivity index (χ0n) is 17.1. The topological polar surface area (TPSA) is 85.6 Å². The third-order valence-electron chi connectivity index (χ3n) is 5.13. The quantitative estimate of drug-likeness (QED) is 0.321. The molecule has 33 heavy (non-hydrogen) atoms. The lowest BCUT2D eigenvalue weighted by Gasteiger charge is -2.14. The SMILES string of the molecule is O=C(CSc1nc(C2CC2)nc2ccccc12)Nc1cc(C(F)(F)F)ccc1-n1cncn1. The maximum absolute atomic E-state index is 13.2. The minimum atomic E-state index is -4.55. The van der Waals surface area contributed by atoms with Gasteiger partial charge in [-0.15, -0.1) is 0 Å². The summed E-state index contributed by atoms with van der Waals surface area (Å²) in [7, 11) is 0. The van der Waals surface area contributed by atoms with E-state index in [1.807, 2.05) is 24.3 Å². The van der Waals surface area contributed by atoms with Crippen LogP contribution < -0.4 is 5.32 Å². The lowest BCUT2D eigenvalue weighted by atomic mass is 10.1. The summed E-state index contributed by atoms with van der Waals surface area (Å²) >= 11 is 1.23. The van der Waals surface area contributed by atoms with Crippen LogP contribution in [0, 0.1) is 0 Å². The van der Waals surface area contributed by atoms with Crippen LogP contribution in [0.1, 0.15) is 30.1 Å². The van der Waals surface area contributed by atoms with Crippen molar-refractivity contribution in [3.05, 3.63) is 66.5 Å². The number of anilines is 1. The summed E-state index contributed by atoms with van der Waals surface area (Å²) < 4.78 is 41.0. The van der Waals surface area contributed by atoms with Gasteiger partial charge >= 0.3 is 6.18 Å². The van der Waals surface area contributed by atoms with Crippen molar-refractivity contribution in [3.8, 4) is 5.69 Å².